The summed E-state index contributed by atoms with van der Waals surface area (Å²) in [5.74, 6) is -0.0783. The molecule has 200 valence electrons. The maximum Gasteiger partial charge on any atom is 0.350 e. The molecule has 0 amide bonds. The largest absolute Gasteiger partial charge is 0.493 e. The Morgan fingerprint density at radius 2 is 1.54 bits per heavy atom. The van der Waals surface area contributed by atoms with Crippen molar-refractivity contribution in [2.45, 2.75) is 25.6 Å². The zero-order valence-electron chi connectivity index (χ0n) is 22.0. The number of aromatic nitrogens is 2. The molecule has 0 aliphatic carbocycles. The van der Waals surface area contributed by atoms with Gasteiger partial charge in [0.25, 0.3) is 0 Å². The Kier molecular flexibility index (Phi) is 9.88. The SMILES string of the molecule is COC(CCOc1ccc(-c2cnc(N=C(Cc3ccccc3)C(=O)O)c(Cc3ccccc3)n2)cc1)OC. The minimum absolute atomic E-state index is 0.00301. The highest BCUT2D eigenvalue weighted by molar-refractivity contribution is 6.36. The van der Waals surface area contributed by atoms with Crippen LogP contribution in [-0.2, 0) is 27.1 Å². The fourth-order valence-corrected chi connectivity index (χ4v) is 3.97. The van der Waals surface area contributed by atoms with Gasteiger partial charge in [-0.3, -0.25) is 0 Å². The first-order valence-electron chi connectivity index (χ1n) is 12.6. The number of carbonyl (C=O) groups is 1. The third kappa shape index (κ3) is 8.04. The molecule has 0 aliphatic heterocycles. The van der Waals surface area contributed by atoms with Crippen molar-refractivity contribution in [1.29, 1.82) is 0 Å². The van der Waals surface area contributed by atoms with E-state index in [9.17, 15) is 9.90 Å². The first-order chi connectivity index (χ1) is 19.1. The lowest BCUT2D eigenvalue weighted by atomic mass is 10.1. The lowest BCUT2D eigenvalue weighted by molar-refractivity contribution is -0.129. The van der Waals surface area contributed by atoms with Crippen LogP contribution in [0.2, 0.25) is 0 Å². The van der Waals surface area contributed by atoms with Crippen LogP contribution in [0.4, 0.5) is 5.82 Å². The molecule has 39 heavy (non-hydrogen) atoms. The number of carboxylic acid groups (broad SMARTS) is 1. The van der Waals surface area contributed by atoms with Crippen molar-refractivity contribution in [3.05, 3.63) is 108 Å². The predicted octanol–water partition coefficient (Wildman–Crippen LogP) is 5.52. The molecule has 0 saturated carbocycles. The molecule has 0 saturated heterocycles. The van der Waals surface area contributed by atoms with Crippen molar-refractivity contribution < 1.29 is 24.1 Å². The van der Waals surface area contributed by atoms with E-state index in [0.29, 0.717) is 36.7 Å². The van der Waals surface area contributed by atoms with E-state index in [-0.39, 0.29) is 18.4 Å². The maximum absolute atomic E-state index is 12.0. The number of hydrogen-bond donors (Lipinski definition) is 1. The number of aliphatic imine (C=N–C) groups is 1. The van der Waals surface area contributed by atoms with Crippen molar-refractivity contribution in [2.24, 2.45) is 4.99 Å². The van der Waals surface area contributed by atoms with Crippen LogP contribution >= 0.6 is 0 Å². The van der Waals surface area contributed by atoms with Crippen LogP contribution in [0.25, 0.3) is 11.3 Å². The third-order valence-corrected chi connectivity index (χ3v) is 6.04. The molecule has 0 radical (unpaired) electrons. The van der Waals surface area contributed by atoms with Crippen LogP contribution in [0.15, 0.2) is 96.1 Å². The molecule has 0 unspecified atom stereocenters. The fraction of sp³-hybridized carbons (Fsp3) is 0.226. The van der Waals surface area contributed by atoms with Gasteiger partial charge in [0.1, 0.15) is 11.5 Å². The first kappa shape index (κ1) is 27.6. The molecule has 1 aromatic heterocycles. The maximum atomic E-state index is 12.0. The van der Waals surface area contributed by atoms with Gasteiger partial charge < -0.3 is 19.3 Å². The van der Waals surface area contributed by atoms with E-state index in [0.717, 1.165) is 22.4 Å². The molecular weight excluding hydrogens is 494 g/mol. The Balaban J connectivity index is 1.60. The molecule has 0 aliphatic rings. The van der Waals surface area contributed by atoms with Gasteiger partial charge in [-0.1, -0.05) is 60.7 Å². The van der Waals surface area contributed by atoms with Crippen LogP contribution < -0.4 is 4.74 Å². The van der Waals surface area contributed by atoms with Crippen molar-refractivity contribution >= 4 is 17.5 Å². The smallest absolute Gasteiger partial charge is 0.350 e. The van der Waals surface area contributed by atoms with Gasteiger partial charge in [-0.05, 0) is 35.4 Å². The monoisotopic (exact) mass is 525 g/mol. The van der Waals surface area contributed by atoms with Crippen LogP contribution in [0.3, 0.4) is 0 Å². The molecule has 8 nitrogen and oxygen atoms in total. The van der Waals surface area contributed by atoms with Crippen molar-refractivity contribution in [3.8, 4) is 17.0 Å². The number of benzene rings is 3. The van der Waals surface area contributed by atoms with Gasteiger partial charge in [0, 0.05) is 39.0 Å². The average molecular weight is 526 g/mol. The summed E-state index contributed by atoms with van der Waals surface area (Å²) in [4.78, 5) is 25.9. The number of ether oxygens (including phenoxy) is 3. The van der Waals surface area contributed by atoms with E-state index in [1.54, 1.807) is 20.4 Å². The van der Waals surface area contributed by atoms with E-state index in [1.165, 1.54) is 0 Å². The second kappa shape index (κ2) is 13.9. The molecule has 4 aromatic rings. The van der Waals surface area contributed by atoms with E-state index in [1.807, 2.05) is 84.9 Å². The number of methoxy groups -OCH3 is 2. The van der Waals surface area contributed by atoms with Crippen LogP contribution in [0.5, 0.6) is 5.75 Å². The molecule has 0 spiro atoms. The third-order valence-electron chi connectivity index (χ3n) is 6.04. The van der Waals surface area contributed by atoms with Gasteiger partial charge in [0.05, 0.1) is 24.2 Å². The Hall–Kier alpha value is -4.40. The average Bonchev–Trinajstić information content (AvgIpc) is 2.97. The molecule has 1 heterocycles. The molecule has 4 rings (SSSR count). The standard InChI is InChI=1S/C31H31N3O5/c1-37-29(38-2)17-18-39-25-15-13-24(14-16-25)28-21-32-30(26(33-28)19-22-9-5-3-6-10-22)34-27(31(35)36)20-23-11-7-4-8-12-23/h3-16,21,29H,17-20H2,1-2H3,(H,35,36). The Morgan fingerprint density at radius 1 is 0.897 bits per heavy atom. The first-order valence-corrected chi connectivity index (χ1v) is 12.6. The van der Waals surface area contributed by atoms with Gasteiger partial charge >= 0.3 is 5.97 Å². The zero-order valence-corrected chi connectivity index (χ0v) is 22.0. The quantitative estimate of drug-likeness (QED) is 0.181. The Labute approximate surface area is 228 Å². The second-order valence-corrected chi connectivity index (χ2v) is 8.78. The van der Waals surface area contributed by atoms with Gasteiger partial charge in [-0.15, -0.1) is 0 Å². The summed E-state index contributed by atoms with van der Waals surface area (Å²) in [6.45, 7) is 0.453. The van der Waals surface area contributed by atoms with Crippen molar-refractivity contribution in [1.82, 2.24) is 9.97 Å². The number of carboxylic acids is 1. The van der Waals surface area contributed by atoms with Gasteiger partial charge in [-0.25, -0.2) is 19.8 Å². The highest BCUT2D eigenvalue weighted by Gasteiger charge is 2.15. The van der Waals surface area contributed by atoms with Gasteiger partial charge in [0.2, 0.25) is 0 Å². The summed E-state index contributed by atoms with van der Waals surface area (Å²) in [6.07, 6.45) is 2.56. The molecule has 3 aromatic carbocycles. The topological polar surface area (TPSA) is 103 Å². The summed E-state index contributed by atoms with van der Waals surface area (Å²) >= 11 is 0. The minimum Gasteiger partial charge on any atom is -0.493 e. The summed E-state index contributed by atoms with van der Waals surface area (Å²) in [6, 6.07) is 26.8. The predicted molar refractivity (Wildman–Crippen MR) is 150 cm³/mol. The summed E-state index contributed by atoms with van der Waals surface area (Å²) in [5, 5.41) is 9.85. The molecule has 8 heteroatoms. The van der Waals surface area contributed by atoms with E-state index >= 15 is 0 Å². The molecular formula is C31H31N3O5. The normalized spacial score (nSPS) is 11.5. The lowest BCUT2D eigenvalue weighted by Crippen LogP contribution is -2.16. The number of nitrogens with zero attached hydrogens (tertiary/aromatic N) is 3. The summed E-state index contributed by atoms with van der Waals surface area (Å²) in [7, 11) is 3.19. The minimum atomic E-state index is -1.09. The number of aliphatic carboxylic acids is 1. The second-order valence-electron chi connectivity index (χ2n) is 8.78. The Bertz CT molecular complexity index is 1370. The van der Waals surface area contributed by atoms with Gasteiger partial charge in [-0.2, -0.15) is 0 Å². The van der Waals surface area contributed by atoms with E-state index in [4.69, 9.17) is 19.2 Å². The van der Waals surface area contributed by atoms with E-state index < -0.39 is 5.97 Å². The zero-order chi connectivity index (χ0) is 27.5. The lowest BCUT2D eigenvalue weighted by Gasteiger charge is -2.14. The van der Waals surface area contributed by atoms with Crippen molar-refractivity contribution in [3.63, 3.8) is 0 Å². The van der Waals surface area contributed by atoms with Crippen LogP contribution in [0.1, 0.15) is 23.2 Å². The molecule has 0 bridgehead atoms. The fourth-order valence-electron chi connectivity index (χ4n) is 3.97. The van der Waals surface area contributed by atoms with Crippen LogP contribution in [-0.4, -0.2) is 53.9 Å². The number of rotatable bonds is 13. The number of hydrogen-bond acceptors (Lipinski definition) is 7. The van der Waals surface area contributed by atoms with Crippen LogP contribution in [0, 0.1) is 0 Å². The van der Waals surface area contributed by atoms with Crippen molar-refractivity contribution in [2.75, 3.05) is 20.8 Å². The van der Waals surface area contributed by atoms with E-state index in [2.05, 4.69) is 9.98 Å². The highest BCUT2D eigenvalue weighted by atomic mass is 16.7. The summed E-state index contributed by atoms with van der Waals surface area (Å²) in [5.41, 5.74) is 3.99. The molecule has 0 atom stereocenters. The highest BCUT2D eigenvalue weighted by Crippen LogP contribution is 2.26. The molecule has 0 fully saturated rings. The molecule has 1 N–H and O–H groups in total. The Morgan fingerprint density at radius 3 is 2.15 bits per heavy atom. The van der Waals surface area contributed by atoms with Gasteiger partial charge in [0.15, 0.2) is 12.1 Å². The summed E-state index contributed by atoms with van der Waals surface area (Å²) < 4.78 is 16.2.